The second kappa shape index (κ2) is 10.6. The largest absolute Gasteiger partial charge is 0.454 e. The Morgan fingerprint density at radius 2 is 1.93 bits per heavy atom. The average Bonchev–Trinajstić information content (AvgIpc) is 3.12. The Labute approximate surface area is 167 Å². The number of carbonyl (C=O) groups excluding carboxylic acids is 1. The molecule has 8 nitrogen and oxygen atoms in total. The Bertz CT molecular complexity index is 750. The summed E-state index contributed by atoms with van der Waals surface area (Å²) < 4.78 is 37.6. The minimum atomic E-state index is -3.45. The predicted octanol–water partition coefficient (Wildman–Crippen LogP) is 0.158. The molecule has 0 aromatic heterocycles. The van der Waals surface area contributed by atoms with Crippen LogP contribution in [0.25, 0.3) is 0 Å². The monoisotopic (exact) mass is 414 g/mol. The van der Waals surface area contributed by atoms with Gasteiger partial charge in [-0.05, 0) is 51.8 Å². The van der Waals surface area contributed by atoms with E-state index in [1.165, 1.54) is 4.90 Å². The molecule has 0 unspecified atom stereocenters. The van der Waals surface area contributed by atoms with Crippen molar-refractivity contribution in [2.24, 2.45) is 0 Å². The van der Waals surface area contributed by atoms with Crippen LogP contribution in [0.1, 0.15) is 44.0 Å². The maximum atomic E-state index is 12.2. The summed E-state index contributed by atoms with van der Waals surface area (Å²) in [5.74, 6) is 0.612. The molecule has 0 saturated heterocycles. The highest BCUT2D eigenvalue weighted by molar-refractivity contribution is 7.89. The molecule has 28 heavy (non-hydrogen) atoms. The van der Waals surface area contributed by atoms with Crippen molar-refractivity contribution >= 4 is 15.9 Å². The number of benzene rings is 1. The molecule has 0 radical (unpaired) electrons. The minimum absolute atomic E-state index is 0.0406. The van der Waals surface area contributed by atoms with E-state index >= 15 is 0 Å². The van der Waals surface area contributed by atoms with Crippen molar-refractivity contribution in [3.05, 3.63) is 23.8 Å². The van der Waals surface area contributed by atoms with Gasteiger partial charge in [0.1, 0.15) is 0 Å². The number of hydrogen-bond donors (Lipinski definition) is 3. The molecule has 0 aliphatic carbocycles. The summed E-state index contributed by atoms with van der Waals surface area (Å²) in [6.07, 6.45) is 1.77. The lowest BCUT2D eigenvalue weighted by atomic mass is 10.2. The van der Waals surface area contributed by atoms with Gasteiger partial charge in [-0.25, -0.2) is 13.1 Å². The number of amides is 1. The summed E-state index contributed by atoms with van der Waals surface area (Å²) >= 11 is 0. The van der Waals surface area contributed by atoms with E-state index in [-0.39, 0.29) is 31.0 Å². The van der Waals surface area contributed by atoms with Gasteiger partial charge in [-0.3, -0.25) is 4.79 Å². The summed E-state index contributed by atoms with van der Waals surface area (Å²) in [6.45, 7) is 9.58. The average molecular weight is 415 g/mol. The molecule has 1 atom stereocenters. The van der Waals surface area contributed by atoms with Crippen molar-refractivity contribution in [1.29, 1.82) is 0 Å². The highest BCUT2D eigenvalue weighted by atomic mass is 32.2. The highest BCUT2D eigenvalue weighted by Crippen LogP contribution is 2.32. The van der Waals surface area contributed by atoms with Crippen LogP contribution in [0.5, 0.6) is 11.5 Å². The van der Waals surface area contributed by atoms with Gasteiger partial charge < -0.3 is 19.7 Å². The summed E-state index contributed by atoms with van der Waals surface area (Å²) in [7, 11) is -3.45. The Morgan fingerprint density at radius 1 is 1.21 bits per heavy atom. The second-order valence-corrected chi connectivity index (χ2v) is 8.88. The molecule has 0 spiro atoms. The number of hydrogen-bond acceptors (Lipinski definition) is 5. The fraction of sp³-hybridized carbons (Fsp3) is 0.632. The lowest BCUT2D eigenvalue weighted by molar-refractivity contribution is -0.896. The number of fused-ring (bicyclic) bond motifs is 1. The van der Waals surface area contributed by atoms with Crippen molar-refractivity contribution in [1.82, 2.24) is 10.0 Å². The molecule has 0 bridgehead atoms. The maximum absolute atomic E-state index is 12.2. The standard InChI is InChI=1S/C19H31N3O5S/c1-4-22(5-2)11-6-7-15(3)21-28(24,25)12-10-20-19(23)16-8-9-17-18(13-16)27-14-26-17/h8-9,13,15,21H,4-7,10-12,14H2,1-3H3,(H,20,23)/p+1/t15-/m1/s1. The van der Waals surface area contributed by atoms with Crippen LogP contribution in [0.2, 0.25) is 0 Å². The van der Waals surface area contributed by atoms with E-state index < -0.39 is 10.0 Å². The Balaban J connectivity index is 1.71. The van der Waals surface area contributed by atoms with Gasteiger partial charge in [-0.1, -0.05) is 0 Å². The number of quaternary nitrogens is 1. The highest BCUT2D eigenvalue weighted by Gasteiger charge is 2.18. The lowest BCUT2D eigenvalue weighted by Crippen LogP contribution is -3.11. The maximum Gasteiger partial charge on any atom is 0.251 e. The van der Waals surface area contributed by atoms with E-state index in [1.807, 2.05) is 6.92 Å². The van der Waals surface area contributed by atoms with Crippen molar-refractivity contribution in [3.63, 3.8) is 0 Å². The molecule has 1 heterocycles. The Kier molecular flexibility index (Phi) is 8.53. The molecule has 9 heteroatoms. The van der Waals surface area contributed by atoms with Crippen LogP contribution in [-0.2, 0) is 10.0 Å². The molecular weight excluding hydrogens is 382 g/mol. The number of ether oxygens (including phenoxy) is 2. The molecule has 1 aliphatic rings. The molecule has 1 amide bonds. The molecule has 1 aliphatic heterocycles. The topological polar surface area (TPSA) is 98.2 Å². The first kappa shape index (κ1) is 22.4. The van der Waals surface area contributed by atoms with Gasteiger partial charge in [0.15, 0.2) is 11.5 Å². The first-order chi connectivity index (χ1) is 13.3. The van der Waals surface area contributed by atoms with Gasteiger partial charge in [0, 0.05) is 18.2 Å². The lowest BCUT2D eigenvalue weighted by Gasteiger charge is -2.18. The number of nitrogens with one attached hydrogen (secondary N) is 3. The number of sulfonamides is 1. The zero-order valence-corrected chi connectivity index (χ0v) is 17.7. The van der Waals surface area contributed by atoms with Crippen LogP contribution in [0.3, 0.4) is 0 Å². The van der Waals surface area contributed by atoms with Crippen molar-refractivity contribution in [2.45, 2.75) is 39.7 Å². The zero-order valence-electron chi connectivity index (χ0n) is 16.9. The summed E-state index contributed by atoms with van der Waals surface area (Å²) in [6, 6.07) is 4.75. The predicted molar refractivity (Wildman–Crippen MR) is 107 cm³/mol. The van der Waals surface area contributed by atoms with Gasteiger partial charge in [0.2, 0.25) is 16.8 Å². The zero-order chi connectivity index (χ0) is 20.6. The van der Waals surface area contributed by atoms with Gasteiger partial charge in [-0.15, -0.1) is 0 Å². The Morgan fingerprint density at radius 3 is 2.64 bits per heavy atom. The van der Waals surface area contributed by atoms with E-state index in [2.05, 4.69) is 23.9 Å². The molecule has 158 valence electrons. The minimum Gasteiger partial charge on any atom is -0.454 e. The summed E-state index contributed by atoms with van der Waals surface area (Å²) in [5, 5.41) is 2.63. The van der Waals surface area contributed by atoms with Gasteiger partial charge in [-0.2, -0.15) is 0 Å². The van der Waals surface area contributed by atoms with Crippen molar-refractivity contribution < 1.29 is 27.6 Å². The summed E-state index contributed by atoms with van der Waals surface area (Å²) in [5.41, 5.74) is 0.405. The molecule has 3 N–H and O–H groups in total. The SMILES string of the molecule is CC[NH+](CC)CCC[C@@H](C)NS(=O)(=O)CCNC(=O)c1ccc2c(c1)OCO2. The van der Waals surface area contributed by atoms with Crippen LogP contribution >= 0.6 is 0 Å². The van der Waals surface area contributed by atoms with Crippen LogP contribution in [0, 0.1) is 0 Å². The third-order valence-corrected chi connectivity index (χ3v) is 6.34. The van der Waals surface area contributed by atoms with E-state index in [0.717, 1.165) is 32.5 Å². The van der Waals surface area contributed by atoms with E-state index in [4.69, 9.17) is 9.47 Å². The fourth-order valence-corrected chi connectivity index (χ4v) is 4.34. The van der Waals surface area contributed by atoms with Crippen LogP contribution < -0.4 is 24.4 Å². The van der Waals surface area contributed by atoms with Crippen LogP contribution in [0.4, 0.5) is 0 Å². The number of carbonyl (C=O) groups is 1. The van der Waals surface area contributed by atoms with Crippen molar-refractivity contribution in [2.75, 3.05) is 38.7 Å². The van der Waals surface area contributed by atoms with Crippen LogP contribution in [-0.4, -0.2) is 59.1 Å². The fourth-order valence-electron chi connectivity index (χ4n) is 3.12. The third kappa shape index (κ3) is 6.96. The molecule has 1 aromatic rings. The summed E-state index contributed by atoms with van der Waals surface area (Å²) in [4.78, 5) is 13.7. The first-order valence-electron chi connectivity index (χ1n) is 9.86. The van der Waals surface area contributed by atoms with E-state index in [0.29, 0.717) is 17.1 Å². The molecule has 0 fully saturated rings. The quantitative estimate of drug-likeness (QED) is 0.453. The molecule has 1 aromatic carbocycles. The van der Waals surface area contributed by atoms with Crippen molar-refractivity contribution in [3.8, 4) is 11.5 Å². The van der Waals surface area contributed by atoms with Gasteiger partial charge in [0.05, 0.1) is 25.4 Å². The molecule has 0 saturated carbocycles. The second-order valence-electron chi connectivity index (χ2n) is 7.01. The molecular formula is C19H32N3O5S+. The van der Waals surface area contributed by atoms with Gasteiger partial charge in [0.25, 0.3) is 5.91 Å². The molecule has 2 rings (SSSR count). The normalized spacial score (nSPS) is 14.3. The van der Waals surface area contributed by atoms with Gasteiger partial charge >= 0.3 is 0 Å². The Hall–Kier alpha value is -1.84. The number of rotatable bonds is 12. The first-order valence-corrected chi connectivity index (χ1v) is 11.5. The van der Waals surface area contributed by atoms with E-state index in [9.17, 15) is 13.2 Å². The smallest absolute Gasteiger partial charge is 0.251 e. The van der Waals surface area contributed by atoms with Crippen LogP contribution in [0.15, 0.2) is 18.2 Å². The third-order valence-electron chi connectivity index (χ3n) is 4.84. The van der Waals surface area contributed by atoms with E-state index in [1.54, 1.807) is 18.2 Å².